The Bertz CT molecular complexity index is 1190. The zero-order valence-corrected chi connectivity index (χ0v) is 20.6. The number of oxime groups is 1. The first-order chi connectivity index (χ1) is 16.5. The van der Waals surface area contributed by atoms with Crippen molar-refractivity contribution in [1.29, 1.82) is 5.26 Å². The second kappa shape index (κ2) is 12.7. The minimum atomic E-state index is -0.380. The molecule has 0 spiro atoms. The van der Waals surface area contributed by atoms with Gasteiger partial charge in [-0.3, -0.25) is 4.79 Å². The van der Waals surface area contributed by atoms with Crippen LogP contribution in [-0.4, -0.2) is 23.2 Å². The van der Waals surface area contributed by atoms with E-state index in [0.29, 0.717) is 41.2 Å². The summed E-state index contributed by atoms with van der Waals surface area (Å²) in [4.78, 5) is 16.0. The van der Waals surface area contributed by atoms with Gasteiger partial charge >= 0.3 is 0 Å². The third-order valence-electron chi connectivity index (χ3n) is 4.87. The third-order valence-corrected chi connectivity index (χ3v) is 5.41. The number of benzene rings is 3. The maximum absolute atomic E-state index is 14.2. The summed E-state index contributed by atoms with van der Waals surface area (Å²) in [6, 6.07) is 21.1. The van der Waals surface area contributed by atoms with Gasteiger partial charge in [0, 0.05) is 18.1 Å². The fourth-order valence-corrected chi connectivity index (χ4v) is 3.33. The number of nitriles is 1. The van der Waals surface area contributed by atoms with Gasteiger partial charge in [-0.15, -0.1) is 0 Å². The quantitative estimate of drug-likeness (QED) is 0.129. The Labute approximate surface area is 211 Å². The Morgan fingerprint density at radius 1 is 1.03 bits per heavy atom. The molecule has 3 aromatic carbocycles. The number of nitrogens with zero attached hydrogens (tertiary/aromatic N) is 2. The Hall–Kier alpha value is -3.45. The molecule has 3 aromatic rings. The van der Waals surface area contributed by atoms with E-state index in [1.165, 1.54) is 13.2 Å². The van der Waals surface area contributed by atoms with Gasteiger partial charge in [0.05, 0.1) is 11.6 Å². The van der Waals surface area contributed by atoms with Crippen molar-refractivity contribution >= 4 is 32.1 Å². The summed E-state index contributed by atoms with van der Waals surface area (Å²) in [6.07, 6.45) is 0.676. The Balaban J connectivity index is 1.54. The van der Waals surface area contributed by atoms with E-state index in [9.17, 15) is 9.18 Å². The molecule has 0 unspecified atom stereocenters. The largest absolute Gasteiger partial charge is 0.489 e. The van der Waals surface area contributed by atoms with Crippen LogP contribution in [0.25, 0.3) is 0 Å². The molecule has 0 atom stereocenters. The van der Waals surface area contributed by atoms with Gasteiger partial charge < -0.3 is 14.3 Å². The molecule has 0 aliphatic carbocycles. The van der Waals surface area contributed by atoms with Crippen LogP contribution in [0, 0.1) is 17.1 Å². The summed E-state index contributed by atoms with van der Waals surface area (Å²) < 4.78 is 25.7. The molecule has 0 radical (unpaired) electrons. The Morgan fingerprint density at radius 3 is 2.35 bits per heavy atom. The van der Waals surface area contributed by atoms with Crippen LogP contribution in [0.2, 0.25) is 0 Å². The third kappa shape index (κ3) is 7.56. The number of halogens is 2. The summed E-state index contributed by atoms with van der Waals surface area (Å²) in [5.41, 5.74) is 3.34. The number of carbonyl (C=O) groups is 1. The lowest BCUT2D eigenvalue weighted by molar-refractivity contribution is -0.109. The minimum Gasteiger partial charge on any atom is -0.489 e. The predicted octanol–water partition coefficient (Wildman–Crippen LogP) is 5.60. The van der Waals surface area contributed by atoms with Crippen molar-refractivity contribution in [3.63, 3.8) is 0 Å². The standard InChI is InChI=1S/C26H22FIN2O4/c1-32-30-25(21-6-2-18(15-29)3-7-21)17-34-22-10-4-19(5-11-22)16-33-23-12-8-20(24(27)14-23)9-13-26(28)31/h2-8,10-12,14H,9,13,16-17H2,1H3/b30-25+. The van der Waals surface area contributed by atoms with Crippen LogP contribution in [0.3, 0.4) is 0 Å². The summed E-state index contributed by atoms with van der Waals surface area (Å²) in [6.45, 7) is 0.456. The van der Waals surface area contributed by atoms with Crippen molar-refractivity contribution in [2.24, 2.45) is 5.16 Å². The molecule has 0 saturated heterocycles. The molecular weight excluding hydrogens is 550 g/mol. The van der Waals surface area contributed by atoms with Gasteiger partial charge in [-0.05, 0) is 70.5 Å². The zero-order chi connectivity index (χ0) is 24.3. The second-order valence-electron chi connectivity index (χ2n) is 7.24. The fourth-order valence-electron chi connectivity index (χ4n) is 3.06. The van der Waals surface area contributed by atoms with Gasteiger partial charge in [0.15, 0.2) is 3.79 Å². The van der Waals surface area contributed by atoms with E-state index < -0.39 is 0 Å². The normalized spacial score (nSPS) is 10.9. The SMILES string of the molecule is CO/N=C(\COc1ccc(COc2ccc(CCC(=O)I)c(F)c2)cc1)c1ccc(C#N)cc1. The van der Waals surface area contributed by atoms with E-state index >= 15 is 0 Å². The Morgan fingerprint density at radius 2 is 1.74 bits per heavy atom. The highest BCUT2D eigenvalue weighted by Gasteiger charge is 2.08. The minimum absolute atomic E-state index is 0.00112. The highest BCUT2D eigenvalue weighted by Crippen LogP contribution is 2.20. The fraction of sp³-hybridized carbons (Fsp3) is 0.192. The van der Waals surface area contributed by atoms with Crippen molar-refractivity contribution in [2.75, 3.05) is 13.7 Å². The van der Waals surface area contributed by atoms with Gasteiger partial charge in [-0.2, -0.15) is 5.26 Å². The average molecular weight is 572 g/mol. The van der Waals surface area contributed by atoms with Crippen molar-refractivity contribution in [1.82, 2.24) is 0 Å². The van der Waals surface area contributed by atoms with E-state index in [2.05, 4.69) is 11.2 Å². The van der Waals surface area contributed by atoms with Crippen LogP contribution in [-0.2, 0) is 22.7 Å². The summed E-state index contributed by atoms with van der Waals surface area (Å²) in [5.74, 6) is 0.682. The number of aryl methyl sites for hydroxylation is 1. The molecule has 3 rings (SSSR count). The summed E-state index contributed by atoms with van der Waals surface area (Å²) in [5, 5.41) is 13.0. The van der Waals surface area contributed by atoms with Crippen molar-refractivity contribution in [2.45, 2.75) is 19.4 Å². The number of ether oxygens (including phenoxy) is 2. The summed E-state index contributed by atoms with van der Waals surface area (Å²) >= 11 is 1.71. The van der Waals surface area contributed by atoms with Crippen molar-refractivity contribution < 1.29 is 23.5 Å². The first-order valence-corrected chi connectivity index (χ1v) is 11.5. The second-order valence-corrected chi connectivity index (χ2v) is 8.44. The molecule has 0 heterocycles. The molecule has 34 heavy (non-hydrogen) atoms. The van der Waals surface area contributed by atoms with Crippen molar-refractivity contribution in [3.05, 3.63) is 94.8 Å². The van der Waals surface area contributed by atoms with Gasteiger partial charge in [-0.25, -0.2) is 4.39 Å². The molecule has 0 fully saturated rings. The van der Waals surface area contributed by atoms with Crippen LogP contribution in [0.5, 0.6) is 11.5 Å². The monoisotopic (exact) mass is 572 g/mol. The van der Waals surface area contributed by atoms with E-state index in [1.807, 2.05) is 24.3 Å². The molecular formula is C26H22FIN2O4. The topological polar surface area (TPSA) is 80.9 Å². The molecule has 0 aromatic heterocycles. The molecule has 0 saturated carbocycles. The first-order valence-electron chi connectivity index (χ1n) is 10.4. The predicted molar refractivity (Wildman–Crippen MR) is 135 cm³/mol. The lowest BCUT2D eigenvalue weighted by Crippen LogP contribution is -2.13. The zero-order valence-electron chi connectivity index (χ0n) is 18.5. The smallest absolute Gasteiger partial charge is 0.192 e. The van der Waals surface area contributed by atoms with Crippen LogP contribution in [0.4, 0.5) is 4.39 Å². The first kappa shape index (κ1) is 25.2. The average Bonchev–Trinajstić information content (AvgIpc) is 2.85. The molecule has 8 heteroatoms. The lowest BCUT2D eigenvalue weighted by Gasteiger charge is -2.11. The maximum Gasteiger partial charge on any atom is 0.192 e. The van der Waals surface area contributed by atoms with Crippen LogP contribution in [0.1, 0.15) is 28.7 Å². The van der Waals surface area contributed by atoms with E-state index in [-0.39, 0.29) is 22.8 Å². The molecule has 0 bridgehead atoms. The van der Waals surface area contributed by atoms with Gasteiger partial charge in [0.25, 0.3) is 0 Å². The Kier molecular flexibility index (Phi) is 9.40. The number of hydrogen-bond acceptors (Lipinski definition) is 6. The van der Waals surface area contributed by atoms with Crippen molar-refractivity contribution in [3.8, 4) is 17.6 Å². The molecule has 0 amide bonds. The van der Waals surface area contributed by atoms with Crippen LogP contribution >= 0.6 is 22.6 Å². The van der Waals surface area contributed by atoms with E-state index in [0.717, 1.165) is 11.1 Å². The van der Waals surface area contributed by atoms with Gasteiger partial charge in [-0.1, -0.05) is 35.5 Å². The van der Waals surface area contributed by atoms with E-state index in [1.54, 1.807) is 59.0 Å². The number of rotatable bonds is 11. The highest BCUT2D eigenvalue weighted by atomic mass is 127. The molecule has 174 valence electrons. The summed E-state index contributed by atoms with van der Waals surface area (Å²) in [7, 11) is 1.46. The van der Waals surface area contributed by atoms with E-state index in [4.69, 9.17) is 19.6 Å². The highest BCUT2D eigenvalue weighted by molar-refractivity contribution is 14.1. The molecule has 0 N–H and O–H groups in total. The van der Waals surface area contributed by atoms with Gasteiger partial charge in [0.2, 0.25) is 0 Å². The lowest BCUT2D eigenvalue weighted by atomic mass is 10.1. The maximum atomic E-state index is 14.2. The molecule has 0 aliphatic heterocycles. The van der Waals surface area contributed by atoms with Gasteiger partial charge in [0.1, 0.15) is 43.4 Å². The molecule has 0 aliphatic rings. The van der Waals surface area contributed by atoms with Crippen LogP contribution in [0.15, 0.2) is 71.9 Å². The number of hydrogen-bond donors (Lipinski definition) is 0. The van der Waals surface area contributed by atoms with Crippen LogP contribution < -0.4 is 9.47 Å². The molecule has 6 nitrogen and oxygen atoms in total. The number of carbonyl (C=O) groups excluding carboxylic acids is 1.